The Morgan fingerprint density at radius 1 is 1.00 bits per heavy atom. The number of carboxylic acid groups (broad SMARTS) is 1. The molecular formula is C20H19N3O2. The van der Waals surface area contributed by atoms with Gasteiger partial charge in [-0.05, 0) is 52.2 Å². The average Bonchev–Trinajstić information content (AvgIpc) is 2.60. The number of amidine groups is 1. The van der Waals surface area contributed by atoms with Gasteiger partial charge in [0.25, 0.3) is 0 Å². The third-order valence-corrected chi connectivity index (χ3v) is 4.21. The van der Waals surface area contributed by atoms with Crippen molar-refractivity contribution in [3.05, 3.63) is 65.7 Å². The van der Waals surface area contributed by atoms with Crippen molar-refractivity contribution < 1.29 is 9.90 Å². The number of hydrogen-bond acceptors (Lipinski definition) is 3. The molecule has 3 aromatic rings. The van der Waals surface area contributed by atoms with E-state index in [1.54, 1.807) is 18.2 Å². The number of nitrogens with one attached hydrogen (secondary N) is 1. The molecule has 0 radical (unpaired) electrons. The standard InChI is InChI=1S/C20H19N3O2/c1-23(2)16-7-8-17(20(24)25)18(11-16)14-5-3-13-10-15(19(21)22)6-4-12(13)9-14/h3-11H,1-2H3,(H3,21,22)(H,24,25). The van der Waals surface area contributed by atoms with Crippen molar-refractivity contribution in [3.8, 4) is 11.1 Å². The number of carboxylic acids is 1. The summed E-state index contributed by atoms with van der Waals surface area (Å²) >= 11 is 0. The predicted octanol–water partition coefficient (Wildman–Crippen LogP) is 3.56. The molecule has 0 aliphatic heterocycles. The van der Waals surface area contributed by atoms with Crippen molar-refractivity contribution in [2.75, 3.05) is 19.0 Å². The lowest BCUT2D eigenvalue weighted by molar-refractivity contribution is 0.0697. The second-order valence-corrected chi connectivity index (χ2v) is 6.12. The van der Waals surface area contributed by atoms with Crippen molar-refractivity contribution >= 4 is 28.3 Å². The van der Waals surface area contributed by atoms with Crippen molar-refractivity contribution in [1.29, 1.82) is 5.41 Å². The zero-order chi connectivity index (χ0) is 18.1. The fourth-order valence-corrected chi connectivity index (χ4v) is 2.82. The molecule has 5 nitrogen and oxygen atoms in total. The van der Waals surface area contributed by atoms with Crippen LogP contribution in [-0.4, -0.2) is 31.0 Å². The Kier molecular flexibility index (Phi) is 4.15. The normalized spacial score (nSPS) is 10.6. The maximum Gasteiger partial charge on any atom is 0.336 e. The van der Waals surface area contributed by atoms with Gasteiger partial charge in [0, 0.05) is 25.3 Å². The monoisotopic (exact) mass is 333 g/mol. The Labute approximate surface area is 145 Å². The highest BCUT2D eigenvalue weighted by Gasteiger charge is 2.14. The number of nitrogen functional groups attached to an aromatic ring is 1. The van der Waals surface area contributed by atoms with Crippen LogP contribution in [0.4, 0.5) is 5.69 Å². The quantitative estimate of drug-likeness (QED) is 0.503. The molecule has 0 atom stereocenters. The molecular weight excluding hydrogens is 314 g/mol. The van der Waals surface area contributed by atoms with Crippen LogP contribution >= 0.6 is 0 Å². The Bertz CT molecular complexity index is 993. The van der Waals surface area contributed by atoms with E-state index in [2.05, 4.69) is 0 Å². The van der Waals surface area contributed by atoms with E-state index in [1.807, 2.05) is 55.4 Å². The summed E-state index contributed by atoms with van der Waals surface area (Å²) in [5, 5.41) is 19.0. The van der Waals surface area contributed by atoms with Crippen molar-refractivity contribution in [3.63, 3.8) is 0 Å². The molecule has 3 aromatic carbocycles. The van der Waals surface area contributed by atoms with Crippen LogP contribution in [0.15, 0.2) is 54.6 Å². The minimum absolute atomic E-state index is 0.0258. The third-order valence-electron chi connectivity index (χ3n) is 4.21. The molecule has 0 fully saturated rings. The minimum atomic E-state index is -0.952. The van der Waals surface area contributed by atoms with Crippen molar-refractivity contribution in [2.45, 2.75) is 0 Å². The van der Waals surface area contributed by atoms with Gasteiger partial charge in [-0.25, -0.2) is 4.79 Å². The number of benzene rings is 3. The highest BCUT2D eigenvalue weighted by atomic mass is 16.4. The van der Waals surface area contributed by atoms with Gasteiger partial charge in [0.15, 0.2) is 0 Å². The number of nitrogens with two attached hydrogens (primary N) is 1. The van der Waals surface area contributed by atoms with E-state index in [0.717, 1.165) is 22.0 Å². The molecule has 25 heavy (non-hydrogen) atoms. The lowest BCUT2D eigenvalue weighted by atomic mass is 9.95. The SMILES string of the molecule is CN(C)c1ccc(C(=O)O)c(-c2ccc3cc(C(=N)N)ccc3c2)c1. The Morgan fingerprint density at radius 2 is 1.68 bits per heavy atom. The lowest BCUT2D eigenvalue weighted by Gasteiger charge is -2.16. The summed E-state index contributed by atoms with van der Waals surface area (Å²) in [6.45, 7) is 0. The number of nitrogens with zero attached hydrogens (tertiary/aromatic N) is 1. The van der Waals surface area contributed by atoms with Gasteiger partial charge < -0.3 is 15.7 Å². The molecule has 0 saturated heterocycles. The van der Waals surface area contributed by atoms with Crippen molar-refractivity contribution in [2.24, 2.45) is 5.73 Å². The summed E-state index contributed by atoms with van der Waals surface area (Å²) in [6, 6.07) is 16.6. The van der Waals surface area contributed by atoms with Gasteiger partial charge >= 0.3 is 5.97 Å². The first kappa shape index (κ1) is 16.5. The molecule has 126 valence electrons. The van der Waals surface area contributed by atoms with Gasteiger partial charge in [0.1, 0.15) is 5.84 Å². The van der Waals surface area contributed by atoms with Gasteiger partial charge in [0.2, 0.25) is 0 Å². The van der Waals surface area contributed by atoms with Crippen LogP contribution in [0.2, 0.25) is 0 Å². The Morgan fingerprint density at radius 3 is 2.32 bits per heavy atom. The van der Waals surface area contributed by atoms with Crippen LogP contribution in [0.3, 0.4) is 0 Å². The second-order valence-electron chi connectivity index (χ2n) is 6.12. The van der Waals surface area contributed by atoms with Crippen LogP contribution < -0.4 is 10.6 Å². The van der Waals surface area contributed by atoms with E-state index < -0.39 is 5.97 Å². The lowest BCUT2D eigenvalue weighted by Crippen LogP contribution is -2.10. The topological polar surface area (TPSA) is 90.4 Å². The minimum Gasteiger partial charge on any atom is -0.478 e. The number of anilines is 1. The first-order chi connectivity index (χ1) is 11.9. The van der Waals surface area contributed by atoms with E-state index in [9.17, 15) is 9.90 Å². The molecule has 0 heterocycles. The molecule has 0 aliphatic carbocycles. The van der Waals surface area contributed by atoms with E-state index in [0.29, 0.717) is 11.1 Å². The van der Waals surface area contributed by atoms with Gasteiger partial charge in [-0.2, -0.15) is 0 Å². The van der Waals surface area contributed by atoms with Gasteiger partial charge in [-0.15, -0.1) is 0 Å². The first-order valence-electron chi connectivity index (χ1n) is 7.80. The van der Waals surface area contributed by atoms with E-state index in [-0.39, 0.29) is 11.4 Å². The maximum atomic E-state index is 11.6. The molecule has 5 heteroatoms. The highest BCUT2D eigenvalue weighted by Crippen LogP contribution is 2.31. The van der Waals surface area contributed by atoms with E-state index >= 15 is 0 Å². The van der Waals surface area contributed by atoms with Crippen molar-refractivity contribution in [1.82, 2.24) is 0 Å². The fraction of sp³-hybridized carbons (Fsp3) is 0.100. The van der Waals surface area contributed by atoms with Crippen LogP contribution in [0.5, 0.6) is 0 Å². The molecule has 0 unspecified atom stereocenters. The molecule has 0 saturated carbocycles. The molecule has 3 rings (SSSR count). The maximum absolute atomic E-state index is 11.6. The number of rotatable bonds is 4. The van der Waals surface area contributed by atoms with Gasteiger partial charge in [0.05, 0.1) is 5.56 Å². The number of carbonyl (C=O) groups is 1. The van der Waals surface area contributed by atoms with Gasteiger partial charge in [-0.1, -0.05) is 24.3 Å². The van der Waals surface area contributed by atoms with Crippen LogP contribution in [0, 0.1) is 5.41 Å². The number of hydrogen-bond donors (Lipinski definition) is 3. The molecule has 0 aromatic heterocycles. The summed E-state index contributed by atoms with van der Waals surface area (Å²) in [7, 11) is 3.84. The molecule has 0 amide bonds. The second kappa shape index (κ2) is 6.28. The van der Waals surface area contributed by atoms with E-state index in [1.165, 1.54) is 0 Å². The number of aromatic carboxylic acids is 1. The zero-order valence-electron chi connectivity index (χ0n) is 14.1. The average molecular weight is 333 g/mol. The summed E-state index contributed by atoms with van der Waals surface area (Å²) in [5.74, 6) is -0.926. The van der Waals surface area contributed by atoms with Gasteiger partial charge in [-0.3, -0.25) is 5.41 Å². The highest BCUT2D eigenvalue weighted by molar-refractivity contribution is 6.01. The molecule has 0 spiro atoms. The summed E-state index contributed by atoms with van der Waals surface area (Å²) in [6.07, 6.45) is 0. The van der Waals surface area contributed by atoms with E-state index in [4.69, 9.17) is 11.1 Å². The number of fused-ring (bicyclic) bond motifs is 1. The Hall–Kier alpha value is -3.34. The Balaban J connectivity index is 2.18. The molecule has 4 N–H and O–H groups in total. The fourth-order valence-electron chi connectivity index (χ4n) is 2.82. The summed E-state index contributed by atoms with van der Waals surface area (Å²) in [5.41, 5.74) is 8.93. The third kappa shape index (κ3) is 3.17. The summed E-state index contributed by atoms with van der Waals surface area (Å²) < 4.78 is 0. The predicted molar refractivity (Wildman–Crippen MR) is 102 cm³/mol. The molecule has 0 bridgehead atoms. The summed E-state index contributed by atoms with van der Waals surface area (Å²) in [4.78, 5) is 13.5. The largest absolute Gasteiger partial charge is 0.478 e. The van der Waals surface area contributed by atoms with Crippen LogP contribution in [-0.2, 0) is 0 Å². The van der Waals surface area contributed by atoms with Crippen LogP contribution in [0.1, 0.15) is 15.9 Å². The first-order valence-corrected chi connectivity index (χ1v) is 7.80. The zero-order valence-corrected chi connectivity index (χ0v) is 14.1. The van der Waals surface area contributed by atoms with Crippen LogP contribution in [0.25, 0.3) is 21.9 Å². The smallest absolute Gasteiger partial charge is 0.336 e. The molecule has 0 aliphatic rings.